The maximum absolute atomic E-state index is 12.4. The molecule has 4 nitrogen and oxygen atoms in total. The molecule has 1 aliphatic rings. The highest BCUT2D eigenvalue weighted by Crippen LogP contribution is 2.20. The molecule has 0 bridgehead atoms. The highest BCUT2D eigenvalue weighted by Gasteiger charge is 2.21. The van der Waals surface area contributed by atoms with Gasteiger partial charge in [-0.15, -0.1) is 0 Å². The van der Waals surface area contributed by atoms with Gasteiger partial charge in [0.25, 0.3) is 5.91 Å². The first-order valence-corrected chi connectivity index (χ1v) is 5.83. The Kier molecular flexibility index (Phi) is 3.64. The Bertz CT molecular complexity index is 398. The molecule has 1 aromatic carbocycles. The monoisotopic (exact) mass is 234 g/mol. The average molecular weight is 234 g/mol. The van der Waals surface area contributed by atoms with Crippen molar-refractivity contribution in [2.24, 2.45) is 0 Å². The molecule has 4 heteroatoms. The van der Waals surface area contributed by atoms with Gasteiger partial charge < -0.3 is 14.5 Å². The summed E-state index contributed by atoms with van der Waals surface area (Å²) in [4.78, 5) is 16.2. The van der Waals surface area contributed by atoms with Crippen molar-refractivity contribution in [3.05, 3.63) is 29.8 Å². The number of hydrogen-bond donors (Lipinski definition) is 0. The van der Waals surface area contributed by atoms with Crippen LogP contribution in [0.5, 0.6) is 0 Å². The summed E-state index contributed by atoms with van der Waals surface area (Å²) in [5.74, 6) is 0.0950. The van der Waals surface area contributed by atoms with Gasteiger partial charge in [0.05, 0.1) is 18.8 Å². The van der Waals surface area contributed by atoms with E-state index in [2.05, 4.69) is 0 Å². The van der Waals surface area contributed by atoms with E-state index in [1.807, 2.05) is 48.2 Å². The second kappa shape index (κ2) is 5.19. The third-order valence-corrected chi connectivity index (χ3v) is 2.91. The van der Waals surface area contributed by atoms with Crippen LogP contribution in [-0.2, 0) is 4.74 Å². The number of carbonyl (C=O) groups is 1. The van der Waals surface area contributed by atoms with Crippen LogP contribution in [0.3, 0.4) is 0 Å². The molecule has 0 unspecified atom stereocenters. The lowest BCUT2D eigenvalue weighted by Gasteiger charge is -2.28. The van der Waals surface area contributed by atoms with Crippen LogP contribution in [-0.4, -0.2) is 51.2 Å². The summed E-state index contributed by atoms with van der Waals surface area (Å²) >= 11 is 0. The van der Waals surface area contributed by atoms with E-state index < -0.39 is 0 Å². The van der Waals surface area contributed by atoms with Crippen LogP contribution in [0.15, 0.2) is 24.3 Å². The number of benzene rings is 1. The van der Waals surface area contributed by atoms with Crippen molar-refractivity contribution in [1.82, 2.24) is 4.90 Å². The maximum atomic E-state index is 12.4. The van der Waals surface area contributed by atoms with Gasteiger partial charge in [0, 0.05) is 32.9 Å². The zero-order chi connectivity index (χ0) is 12.3. The van der Waals surface area contributed by atoms with Gasteiger partial charge in [-0.1, -0.05) is 12.1 Å². The first-order chi connectivity index (χ1) is 8.20. The van der Waals surface area contributed by atoms with Gasteiger partial charge in [-0.3, -0.25) is 4.79 Å². The van der Waals surface area contributed by atoms with E-state index in [4.69, 9.17) is 4.74 Å². The standard InChI is InChI=1S/C13H18N2O2/c1-14(2)12-6-4-3-5-11(12)13(16)15-7-9-17-10-8-15/h3-6H,7-10H2,1-2H3. The Morgan fingerprint density at radius 3 is 2.53 bits per heavy atom. The minimum absolute atomic E-state index is 0.0950. The topological polar surface area (TPSA) is 32.8 Å². The second-order valence-corrected chi connectivity index (χ2v) is 4.32. The second-order valence-electron chi connectivity index (χ2n) is 4.32. The van der Waals surface area contributed by atoms with Gasteiger partial charge >= 0.3 is 0 Å². The number of rotatable bonds is 2. The SMILES string of the molecule is CN(C)c1ccccc1C(=O)N1CCOCC1. The molecule has 0 spiro atoms. The number of ether oxygens (including phenoxy) is 1. The zero-order valence-electron chi connectivity index (χ0n) is 10.3. The first-order valence-electron chi connectivity index (χ1n) is 5.83. The Balaban J connectivity index is 2.23. The Morgan fingerprint density at radius 1 is 1.24 bits per heavy atom. The fourth-order valence-corrected chi connectivity index (χ4v) is 1.98. The van der Waals surface area contributed by atoms with Crippen molar-refractivity contribution < 1.29 is 9.53 Å². The van der Waals surface area contributed by atoms with Gasteiger partial charge in [-0.05, 0) is 12.1 Å². The van der Waals surface area contributed by atoms with E-state index in [1.165, 1.54) is 0 Å². The third-order valence-electron chi connectivity index (χ3n) is 2.91. The largest absolute Gasteiger partial charge is 0.378 e. The number of amides is 1. The van der Waals surface area contributed by atoms with E-state index in [1.54, 1.807) is 0 Å². The van der Waals surface area contributed by atoms with Crippen LogP contribution in [0, 0.1) is 0 Å². The molecule has 17 heavy (non-hydrogen) atoms. The van der Waals surface area contributed by atoms with E-state index in [-0.39, 0.29) is 5.91 Å². The van der Waals surface area contributed by atoms with Crippen LogP contribution in [0.2, 0.25) is 0 Å². The Hall–Kier alpha value is -1.55. The van der Waals surface area contributed by atoms with Crippen molar-refractivity contribution >= 4 is 11.6 Å². The van der Waals surface area contributed by atoms with Crippen molar-refractivity contribution in [3.63, 3.8) is 0 Å². The number of morpholine rings is 1. The lowest BCUT2D eigenvalue weighted by atomic mass is 10.1. The molecule has 0 N–H and O–H groups in total. The molecule has 1 aliphatic heterocycles. The average Bonchev–Trinajstić information content (AvgIpc) is 2.39. The highest BCUT2D eigenvalue weighted by atomic mass is 16.5. The van der Waals surface area contributed by atoms with Gasteiger partial charge in [0.1, 0.15) is 0 Å². The summed E-state index contributed by atoms with van der Waals surface area (Å²) in [7, 11) is 3.90. The number of anilines is 1. The first kappa shape index (κ1) is 11.9. The molecular weight excluding hydrogens is 216 g/mol. The summed E-state index contributed by atoms with van der Waals surface area (Å²) < 4.78 is 5.26. The normalized spacial score (nSPS) is 15.8. The minimum atomic E-state index is 0.0950. The molecule has 0 radical (unpaired) electrons. The van der Waals surface area contributed by atoms with E-state index in [9.17, 15) is 4.79 Å². The summed E-state index contributed by atoms with van der Waals surface area (Å²) in [5.41, 5.74) is 1.73. The van der Waals surface area contributed by atoms with Crippen LogP contribution >= 0.6 is 0 Å². The summed E-state index contributed by atoms with van der Waals surface area (Å²) in [6, 6.07) is 7.70. The van der Waals surface area contributed by atoms with Crippen LogP contribution in [0.1, 0.15) is 10.4 Å². The Labute approximate surface area is 102 Å². The summed E-state index contributed by atoms with van der Waals surface area (Å²) in [6.45, 7) is 2.63. The molecular formula is C13H18N2O2. The van der Waals surface area contributed by atoms with E-state index in [0.29, 0.717) is 26.3 Å². The quantitative estimate of drug-likeness (QED) is 0.771. The molecule has 1 saturated heterocycles. The van der Waals surface area contributed by atoms with E-state index >= 15 is 0 Å². The van der Waals surface area contributed by atoms with Crippen LogP contribution < -0.4 is 4.90 Å². The van der Waals surface area contributed by atoms with Crippen molar-refractivity contribution in [2.75, 3.05) is 45.3 Å². The van der Waals surface area contributed by atoms with Crippen molar-refractivity contribution in [2.45, 2.75) is 0 Å². The molecule has 92 valence electrons. The smallest absolute Gasteiger partial charge is 0.256 e. The van der Waals surface area contributed by atoms with Gasteiger partial charge in [0.15, 0.2) is 0 Å². The Morgan fingerprint density at radius 2 is 1.88 bits per heavy atom. The fourth-order valence-electron chi connectivity index (χ4n) is 1.98. The lowest BCUT2D eigenvalue weighted by molar-refractivity contribution is 0.0303. The predicted molar refractivity (Wildman–Crippen MR) is 67.5 cm³/mol. The lowest BCUT2D eigenvalue weighted by Crippen LogP contribution is -2.41. The maximum Gasteiger partial charge on any atom is 0.256 e. The number of nitrogens with zero attached hydrogens (tertiary/aromatic N) is 2. The van der Waals surface area contributed by atoms with E-state index in [0.717, 1.165) is 11.3 Å². The van der Waals surface area contributed by atoms with Crippen LogP contribution in [0.4, 0.5) is 5.69 Å². The molecule has 1 fully saturated rings. The zero-order valence-corrected chi connectivity index (χ0v) is 10.3. The molecule has 1 amide bonds. The fraction of sp³-hybridized carbons (Fsp3) is 0.462. The molecule has 0 aliphatic carbocycles. The van der Waals surface area contributed by atoms with Gasteiger partial charge in [-0.2, -0.15) is 0 Å². The number of carbonyl (C=O) groups excluding carboxylic acids is 1. The molecule has 0 aromatic heterocycles. The van der Waals surface area contributed by atoms with Gasteiger partial charge in [-0.25, -0.2) is 0 Å². The molecule has 0 atom stereocenters. The highest BCUT2D eigenvalue weighted by molar-refractivity contribution is 5.99. The predicted octanol–water partition coefficient (Wildman–Crippen LogP) is 1.22. The minimum Gasteiger partial charge on any atom is -0.378 e. The third kappa shape index (κ3) is 2.58. The molecule has 1 aromatic rings. The molecule has 0 saturated carbocycles. The molecule has 2 rings (SSSR count). The van der Waals surface area contributed by atoms with Gasteiger partial charge in [0.2, 0.25) is 0 Å². The van der Waals surface area contributed by atoms with Crippen molar-refractivity contribution in [3.8, 4) is 0 Å². The number of hydrogen-bond acceptors (Lipinski definition) is 3. The summed E-state index contributed by atoms with van der Waals surface area (Å²) in [6.07, 6.45) is 0. The number of para-hydroxylation sites is 1. The summed E-state index contributed by atoms with van der Waals surface area (Å²) in [5, 5.41) is 0. The van der Waals surface area contributed by atoms with Crippen molar-refractivity contribution in [1.29, 1.82) is 0 Å². The van der Waals surface area contributed by atoms with Crippen LogP contribution in [0.25, 0.3) is 0 Å². The molecule has 1 heterocycles.